The minimum atomic E-state index is -3.72. The summed E-state index contributed by atoms with van der Waals surface area (Å²) in [5, 5.41) is 3.23. The summed E-state index contributed by atoms with van der Waals surface area (Å²) in [4.78, 5) is 10.9. The monoisotopic (exact) mass is 333 g/mol. The first-order valence-corrected chi connectivity index (χ1v) is 9.36. The molecule has 0 fully saturated rings. The Morgan fingerprint density at radius 2 is 1.86 bits per heavy atom. The van der Waals surface area contributed by atoms with Gasteiger partial charge >= 0.3 is 0 Å². The van der Waals surface area contributed by atoms with E-state index in [9.17, 15) is 8.42 Å². The molecule has 1 N–H and O–H groups in total. The number of hydrogen-bond acceptors (Lipinski definition) is 6. The predicted molar refractivity (Wildman–Crippen MR) is 86.3 cm³/mol. The highest BCUT2D eigenvalue weighted by Crippen LogP contribution is 2.10. The summed E-state index contributed by atoms with van der Waals surface area (Å²) >= 11 is 0. The quantitative estimate of drug-likeness (QED) is 0.490. The number of nitrogens with zero attached hydrogens (tertiary/aromatic N) is 2. The third kappa shape index (κ3) is 5.94. The van der Waals surface area contributed by atoms with Crippen LogP contribution in [-0.4, -0.2) is 37.6 Å². The van der Waals surface area contributed by atoms with Gasteiger partial charge in [-0.3, -0.25) is 9.79 Å². The first-order chi connectivity index (χ1) is 10.5. The summed E-state index contributed by atoms with van der Waals surface area (Å²) in [6, 6.07) is 0. The Labute approximate surface area is 133 Å². The topological polar surface area (TPSA) is 80.2 Å². The summed E-state index contributed by atoms with van der Waals surface area (Å²) < 4.78 is 27.4. The van der Waals surface area contributed by atoms with Gasteiger partial charge in [0.2, 0.25) is 5.04 Å². The van der Waals surface area contributed by atoms with Crippen LogP contribution in [0.25, 0.3) is 0 Å². The molecule has 0 spiro atoms. The fraction of sp³-hybridized carbons (Fsp3) is 0.786. The lowest BCUT2D eigenvalue weighted by atomic mass is 10.2. The van der Waals surface area contributed by atoms with E-state index in [1.807, 2.05) is 6.92 Å². The fourth-order valence-corrected chi connectivity index (χ4v) is 3.30. The van der Waals surface area contributed by atoms with Gasteiger partial charge in [0, 0.05) is 6.08 Å². The van der Waals surface area contributed by atoms with Crippen molar-refractivity contribution in [3.8, 4) is 0 Å². The Bertz CT molecular complexity index is 468. The van der Waals surface area contributed by atoms with Crippen LogP contribution in [-0.2, 0) is 19.9 Å². The van der Waals surface area contributed by atoms with Crippen molar-refractivity contribution in [2.75, 3.05) is 13.1 Å². The van der Waals surface area contributed by atoms with E-state index in [-0.39, 0.29) is 11.2 Å². The largest absolute Gasteiger partial charge is 0.287 e. The van der Waals surface area contributed by atoms with E-state index in [0.29, 0.717) is 6.42 Å². The second kappa shape index (κ2) is 9.81. The molecule has 0 aliphatic carbocycles. The van der Waals surface area contributed by atoms with Crippen molar-refractivity contribution in [2.45, 2.75) is 59.0 Å². The van der Waals surface area contributed by atoms with Gasteiger partial charge in [0.05, 0.1) is 6.17 Å². The van der Waals surface area contributed by atoms with Gasteiger partial charge in [0.25, 0.3) is 10.0 Å². The molecule has 0 radical (unpaired) electrons. The molecular formula is C14H27N3O4S. The molecule has 1 aliphatic rings. The maximum atomic E-state index is 12.4. The average Bonchev–Trinajstić information content (AvgIpc) is 2.54. The Morgan fingerprint density at radius 3 is 2.32 bits per heavy atom. The SMILES string of the molecule is CCCCN(CCCC)C(CC)NS(=O)(=O)C1=NOOC=C1. The van der Waals surface area contributed by atoms with Gasteiger partial charge in [0.15, 0.2) is 0 Å². The molecule has 0 amide bonds. The molecule has 0 aromatic carbocycles. The van der Waals surface area contributed by atoms with E-state index in [2.05, 4.69) is 38.5 Å². The number of rotatable bonds is 10. The van der Waals surface area contributed by atoms with Crippen LogP contribution in [0.5, 0.6) is 0 Å². The molecule has 0 saturated carbocycles. The molecule has 7 nitrogen and oxygen atoms in total. The van der Waals surface area contributed by atoms with Crippen molar-refractivity contribution in [3.05, 3.63) is 12.3 Å². The van der Waals surface area contributed by atoms with Gasteiger partial charge in [-0.15, -0.1) is 0 Å². The lowest BCUT2D eigenvalue weighted by molar-refractivity contribution is -0.251. The summed E-state index contributed by atoms with van der Waals surface area (Å²) in [6.45, 7) is 7.97. The van der Waals surface area contributed by atoms with Gasteiger partial charge in [0.1, 0.15) is 6.26 Å². The maximum absolute atomic E-state index is 12.4. The van der Waals surface area contributed by atoms with Crippen molar-refractivity contribution in [3.63, 3.8) is 0 Å². The van der Waals surface area contributed by atoms with Crippen LogP contribution in [0, 0.1) is 0 Å². The molecule has 22 heavy (non-hydrogen) atoms. The highest BCUT2D eigenvalue weighted by atomic mass is 32.2. The predicted octanol–water partition coefficient (Wildman–Crippen LogP) is 2.33. The van der Waals surface area contributed by atoms with Crippen molar-refractivity contribution >= 4 is 15.1 Å². The third-order valence-corrected chi connectivity index (χ3v) is 4.77. The van der Waals surface area contributed by atoms with Crippen LogP contribution in [0.3, 0.4) is 0 Å². The smallest absolute Gasteiger partial charge is 0.263 e. The Hall–Kier alpha value is -1.12. The molecular weight excluding hydrogens is 306 g/mol. The summed E-state index contributed by atoms with van der Waals surface area (Å²) in [7, 11) is -3.72. The zero-order chi connectivity index (χ0) is 16.4. The standard InChI is InChI=1S/C14H27N3O4S/c1-4-7-10-17(11-8-5-2)13(6-3)16-22(18,19)14-9-12-20-21-15-14/h9,12-13,16H,4-8,10-11H2,1-3H3. The summed E-state index contributed by atoms with van der Waals surface area (Å²) in [5.41, 5.74) is 0. The molecule has 1 atom stereocenters. The summed E-state index contributed by atoms with van der Waals surface area (Å²) in [5.74, 6) is 0. The van der Waals surface area contributed by atoms with Crippen LogP contribution >= 0.6 is 0 Å². The molecule has 0 saturated heterocycles. The van der Waals surface area contributed by atoms with Crippen LogP contribution in [0.2, 0.25) is 0 Å². The molecule has 0 bridgehead atoms. The van der Waals surface area contributed by atoms with Gasteiger partial charge in [-0.05, 0) is 37.5 Å². The minimum absolute atomic E-state index is 0.178. The highest BCUT2D eigenvalue weighted by molar-refractivity contribution is 8.05. The van der Waals surface area contributed by atoms with Crippen LogP contribution < -0.4 is 4.72 Å². The maximum Gasteiger partial charge on any atom is 0.263 e. The number of hydrogen-bond donors (Lipinski definition) is 1. The minimum Gasteiger partial charge on any atom is -0.287 e. The van der Waals surface area contributed by atoms with Crippen molar-refractivity contribution < 1.29 is 18.3 Å². The fourth-order valence-electron chi connectivity index (χ4n) is 2.14. The molecule has 128 valence electrons. The van der Waals surface area contributed by atoms with Gasteiger partial charge in [-0.2, -0.15) is 9.71 Å². The second-order valence-electron chi connectivity index (χ2n) is 5.19. The van der Waals surface area contributed by atoms with Gasteiger partial charge in [-0.25, -0.2) is 8.42 Å². The van der Waals surface area contributed by atoms with Crippen LogP contribution in [0.1, 0.15) is 52.9 Å². The van der Waals surface area contributed by atoms with Crippen molar-refractivity contribution in [2.24, 2.45) is 5.16 Å². The molecule has 0 aromatic heterocycles. The van der Waals surface area contributed by atoms with E-state index in [1.54, 1.807) is 0 Å². The Balaban J connectivity index is 2.78. The molecule has 0 aromatic rings. The molecule has 1 aliphatic heterocycles. The zero-order valence-electron chi connectivity index (χ0n) is 13.6. The van der Waals surface area contributed by atoms with Crippen molar-refractivity contribution in [1.29, 1.82) is 0 Å². The molecule has 1 rings (SSSR count). The molecule has 1 unspecified atom stereocenters. The van der Waals surface area contributed by atoms with E-state index >= 15 is 0 Å². The van der Waals surface area contributed by atoms with E-state index < -0.39 is 10.0 Å². The van der Waals surface area contributed by atoms with Crippen molar-refractivity contribution in [1.82, 2.24) is 9.62 Å². The third-order valence-electron chi connectivity index (χ3n) is 3.43. The Kier molecular flexibility index (Phi) is 8.44. The average molecular weight is 333 g/mol. The zero-order valence-corrected chi connectivity index (χ0v) is 14.4. The van der Waals surface area contributed by atoms with Crippen LogP contribution in [0.4, 0.5) is 0 Å². The molecule has 8 heteroatoms. The summed E-state index contributed by atoms with van der Waals surface area (Å²) in [6.07, 6.45) is 7.08. The lowest BCUT2D eigenvalue weighted by Gasteiger charge is -2.31. The second-order valence-corrected chi connectivity index (χ2v) is 6.85. The van der Waals surface area contributed by atoms with Gasteiger partial charge in [-0.1, -0.05) is 33.6 Å². The first kappa shape index (κ1) is 18.9. The number of nitrogens with one attached hydrogen (secondary N) is 1. The number of oxime groups is 1. The highest BCUT2D eigenvalue weighted by Gasteiger charge is 2.27. The number of unbranched alkanes of at least 4 members (excludes halogenated alkanes) is 2. The van der Waals surface area contributed by atoms with E-state index in [4.69, 9.17) is 0 Å². The van der Waals surface area contributed by atoms with E-state index in [1.165, 1.54) is 6.08 Å². The van der Waals surface area contributed by atoms with Crippen LogP contribution in [0.15, 0.2) is 17.5 Å². The molecule has 1 heterocycles. The number of sulfonamides is 1. The van der Waals surface area contributed by atoms with Gasteiger partial charge < -0.3 is 0 Å². The normalized spacial score (nSPS) is 16.1. The van der Waals surface area contributed by atoms with E-state index in [0.717, 1.165) is 45.0 Å². The Morgan fingerprint density at radius 1 is 1.23 bits per heavy atom. The first-order valence-electron chi connectivity index (χ1n) is 7.88. The lowest BCUT2D eigenvalue weighted by Crippen LogP contribution is -2.50.